The lowest BCUT2D eigenvalue weighted by Gasteiger charge is -2.33. The highest BCUT2D eigenvalue weighted by atomic mass is 16.7. The van der Waals surface area contributed by atoms with Gasteiger partial charge in [0.1, 0.15) is 0 Å². The normalized spacial score (nSPS) is 34.1. The highest BCUT2D eigenvalue weighted by Gasteiger charge is 2.57. The average Bonchev–Trinajstić information content (AvgIpc) is 2.86. The van der Waals surface area contributed by atoms with Gasteiger partial charge in [0, 0.05) is 0 Å². The van der Waals surface area contributed by atoms with Crippen LogP contribution in [0.15, 0.2) is 12.1 Å². The summed E-state index contributed by atoms with van der Waals surface area (Å²) in [6, 6.07) is 0. The van der Waals surface area contributed by atoms with E-state index in [0.29, 0.717) is 0 Å². The summed E-state index contributed by atoms with van der Waals surface area (Å²) >= 11 is 0. The van der Waals surface area contributed by atoms with Crippen LogP contribution in [0.25, 0.3) is 0 Å². The maximum atomic E-state index is 6.48. The molecule has 0 bridgehead atoms. The van der Waals surface area contributed by atoms with Crippen molar-refractivity contribution in [3.63, 3.8) is 0 Å². The van der Waals surface area contributed by atoms with E-state index < -0.39 is 0 Å². The summed E-state index contributed by atoms with van der Waals surface area (Å²) in [4.78, 5) is 0. The van der Waals surface area contributed by atoms with Gasteiger partial charge < -0.3 is 18.6 Å². The summed E-state index contributed by atoms with van der Waals surface area (Å²) in [6.07, 6.45) is 7.17. The van der Waals surface area contributed by atoms with Gasteiger partial charge in [-0.25, -0.2) is 0 Å². The lowest BCUT2D eigenvalue weighted by molar-refractivity contribution is 0.00578. The first kappa shape index (κ1) is 22.4. The van der Waals surface area contributed by atoms with E-state index in [4.69, 9.17) is 18.6 Å². The lowest BCUT2D eigenvalue weighted by atomic mass is 9.54. The van der Waals surface area contributed by atoms with Gasteiger partial charge in [-0.3, -0.25) is 0 Å². The van der Waals surface area contributed by atoms with Crippen molar-refractivity contribution < 1.29 is 18.6 Å². The van der Waals surface area contributed by atoms with Gasteiger partial charge in [0.15, 0.2) is 0 Å². The van der Waals surface area contributed by atoms with E-state index in [-0.39, 0.29) is 48.4 Å². The van der Waals surface area contributed by atoms with Crippen molar-refractivity contribution in [3.05, 3.63) is 12.1 Å². The van der Waals surface area contributed by atoms with Gasteiger partial charge in [0.25, 0.3) is 0 Å². The molecule has 2 saturated heterocycles. The van der Waals surface area contributed by atoms with E-state index in [0.717, 1.165) is 18.3 Å². The smallest absolute Gasteiger partial charge is 0.403 e. The Balaban J connectivity index is 1.83. The van der Waals surface area contributed by atoms with E-state index in [1.807, 2.05) is 0 Å². The van der Waals surface area contributed by atoms with Crippen LogP contribution in [0.5, 0.6) is 0 Å². The molecule has 3 rings (SSSR count). The molecule has 0 aromatic carbocycles. The van der Waals surface area contributed by atoms with E-state index in [9.17, 15) is 0 Å². The maximum Gasteiger partial charge on any atom is 0.490 e. The minimum atomic E-state index is -0.362. The Morgan fingerprint density at radius 2 is 1.11 bits per heavy atom. The van der Waals surface area contributed by atoms with Gasteiger partial charge in [-0.2, -0.15) is 0 Å². The summed E-state index contributed by atoms with van der Waals surface area (Å²) in [5, 5.41) is 0. The maximum absolute atomic E-state index is 6.48. The predicted octanol–water partition coefficient (Wildman–Crippen LogP) is 5.61. The second-order valence-corrected chi connectivity index (χ2v) is 11.0. The summed E-state index contributed by atoms with van der Waals surface area (Å²) in [6.45, 7) is 21.4. The first-order chi connectivity index (χ1) is 12.8. The topological polar surface area (TPSA) is 36.9 Å². The summed E-state index contributed by atoms with van der Waals surface area (Å²) in [7, 11) is -0.563. The molecule has 2 atom stereocenters. The van der Waals surface area contributed by atoms with Crippen molar-refractivity contribution >= 4 is 14.2 Å². The third-order valence-corrected chi connectivity index (χ3v) is 7.97. The van der Waals surface area contributed by atoms with Crippen LogP contribution in [-0.4, -0.2) is 36.6 Å². The van der Waals surface area contributed by atoms with Crippen molar-refractivity contribution in [2.75, 3.05) is 0 Å². The fourth-order valence-electron chi connectivity index (χ4n) is 4.53. The molecule has 4 nitrogen and oxygen atoms in total. The minimum Gasteiger partial charge on any atom is -0.403 e. The zero-order chi connectivity index (χ0) is 21.0. The standard InChI is InChI=1S/C22H40B2O4/c1-16(23-25-19(2,3)20(4,5)26-23)17-14-12-10-11-13-15-18(17)24-27-21(6,7)22(8,9)28-24/h17-18H,1,10-15H2,2-9H3/t17-,18-/m0/s1. The molecule has 3 aliphatic rings. The van der Waals surface area contributed by atoms with Gasteiger partial charge in [-0.05, 0) is 79.0 Å². The first-order valence-electron chi connectivity index (χ1n) is 11.2. The van der Waals surface area contributed by atoms with Crippen LogP contribution in [-0.2, 0) is 18.6 Å². The molecule has 0 radical (unpaired) electrons. The van der Waals surface area contributed by atoms with Crippen molar-refractivity contribution in [2.24, 2.45) is 5.92 Å². The number of hydrogen-bond acceptors (Lipinski definition) is 4. The Morgan fingerprint density at radius 3 is 1.61 bits per heavy atom. The highest BCUT2D eigenvalue weighted by Crippen LogP contribution is 2.49. The molecular weight excluding hydrogens is 350 g/mol. The molecule has 0 aromatic heterocycles. The largest absolute Gasteiger partial charge is 0.490 e. The van der Waals surface area contributed by atoms with Crippen molar-refractivity contribution in [1.29, 1.82) is 0 Å². The molecule has 158 valence electrons. The van der Waals surface area contributed by atoms with E-state index in [1.54, 1.807) is 0 Å². The van der Waals surface area contributed by atoms with Crippen molar-refractivity contribution in [1.82, 2.24) is 0 Å². The van der Waals surface area contributed by atoms with Crippen LogP contribution in [0.4, 0.5) is 0 Å². The van der Waals surface area contributed by atoms with Crippen LogP contribution in [0.3, 0.4) is 0 Å². The van der Waals surface area contributed by atoms with Gasteiger partial charge >= 0.3 is 14.2 Å². The fraction of sp³-hybridized carbons (Fsp3) is 0.909. The molecule has 1 aliphatic carbocycles. The predicted molar refractivity (Wildman–Crippen MR) is 116 cm³/mol. The van der Waals surface area contributed by atoms with E-state index in [1.165, 1.54) is 25.7 Å². The molecular formula is C22H40B2O4. The summed E-state index contributed by atoms with van der Waals surface area (Å²) < 4.78 is 25.6. The molecule has 0 unspecified atom stereocenters. The number of hydrogen-bond donors (Lipinski definition) is 0. The van der Waals surface area contributed by atoms with E-state index >= 15 is 0 Å². The Hall–Kier alpha value is -0.290. The minimum absolute atomic E-state index is 0.202. The SMILES string of the molecule is C=C(B1OC(C)(C)C(C)(C)O1)[C@@H]1CCCCCC[C@@H]1B1OC(C)(C)C(C)(C)O1. The second kappa shape index (κ2) is 7.44. The Kier molecular flexibility index (Phi) is 5.95. The fourth-order valence-corrected chi connectivity index (χ4v) is 4.53. The van der Waals surface area contributed by atoms with Crippen LogP contribution in [0.1, 0.15) is 93.9 Å². The Labute approximate surface area is 173 Å². The average molecular weight is 390 g/mol. The molecule has 0 N–H and O–H groups in total. The molecule has 2 heterocycles. The van der Waals surface area contributed by atoms with Gasteiger partial charge in [-0.1, -0.05) is 32.1 Å². The Morgan fingerprint density at radius 1 is 0.679 bits per heavy atom. The van der Waals surface area contributed by atoms with Crippen LogP contribution in [0, 0.1) is 5.92 Å². The van der Waals surface area contributed by atoms with Gasteiger partial charge in [0.2, 0.25) is 0 Å². The second-order valence-electron chi connectivity index (χ2n) is 11.0. The molecule has 2 aliphatic heterocycles. The van der Waals surface area contributed by atoms with Gasteiger partial charge in [-0.15, -0.1) is 6.58 Å². The zero-order valence-electron chi connectivity index (χ0n) is 19.4. The van der Waals surface area contributed by atoms with Crippen LogP contribution < -0.4 is 0 Å². The number of allylic oxidation sites excluding steroid dienone is 1. The summed E-state index contributed by atoms with van der Waals surface area (Å²) in [5.41, 5.74) is -0.253. The van der Waals surface area contributed by atoms with Crippen molar-refractivity contribution in [2.45, 2.75) is 122 Å². The van der Waals surface area contributed by atoms with Gasteiger partial charge in [0.05, 0.1) is 22.4 Å². The molecule has 0 amide bonds. The van der Waals surface area contributed by atoms with Crippen LogP contribution >= 0.6 is 0 Å². The molecule has 3 fully saturated rings. The molecule has 1 saturated carbocycles. The first-order valence-corrected chi connectivity index (χ1v) is 11.2. The van der Waals surface area contributed by atoms with Crippen molar-refractivity contribution in [3.8, 4) is 0 Å². The van der Waals surface area contributed by atoms with E-state index in [2.05, 4.69) is 62.0 Å². The Bertz CT molecular complexity index is 567. The van der Waals surface area contributed by atoms with Crippen LogP contribution in [0.2, 0.25) is 5.82 Å². The third kappa shape index (κ3) is 3.99. The zero-order valence-corrected chi connectivity index (χ0v) is 19.4. The molecule has 0 aromatic rings. The molecule has 0 spiro atoms. The monoisotopic (exact) mass is 390 g/mol. The quantitative estimate of drug-likeness (QED) is 0.588. The summed E-state index contributed by atoms with van der Waals surface area (Å²) in [5.74, 6) is 0.567. The lowest BCUT2D eigenvalue weighted by Crippen LogP contribution is -2.41. The molecule has 6 heteroatoms. The highest BCUT2D eigenvalue weighted by molar-refractivity contribution is 6.55. The third-order valence-electron chi connectivity index (χ3n) is 7.97. The molecule has 28 heavy (non-hydrogen) atoms. The number of rotatable bonds is 3.